The Kier molecular flexibility index (Phi) is 4.47. The van der Waals surface area contributed by atoms with Crippen LogP contribution >= 0.6 is 0 Å². The topological polar surface area (TPSA) is 70.8 Å². The molecule has 0 fully saturated rings. The second-order valence-electron chi connectivity index (χ2n) is 4.49. The van der Waals surface area contributed by atoms with Gasteiger partial charge in [0.1, 0.15) is 23.8 Å². The van der Waals surface area contributed by atoms with E-state index in [4.69, 9.17) is 14.3 Å². The van der Waals surface area contributed by atoms with E-state index in [0.717, 1.165) is 17.1 Å². The number of rotatable bonds is 6. The van der Waals surface area contributed by atoms with Crippen LogP contribution in [-0.2, 0) is 13.2 Å². The predicted octanol–water partition coefficient (Wildman–Crippen LogP) is 1.85. The van der Waals surface area contributed by atoms with Crippen LogP contribution in [0.25, 0.3) is 0 Å². The van der Waals surface area contributed by atoms with Crippen LogP contribution in [0.15, 0.2) is 28.8 Å². The number of hydrogen-bond acceptors (Lipinski definition) is 6. The summed E-state index contributed by atoms with van der Waals surface area (Å²) in [7, 11) is 5.50. The molecule has 0 atom stereocenters. The second-order valence-corrected chi connectivity index (χ2v) is 4.49. The lowest BCUT2D eigenvalue weighted by atomic mass is 10.3. The highest BCUT2D eigenvalue weighted by Gasteiger charge is 2.12. The highest BCUT2D eigenvalue weighted by molar-refractivity contribution is 5.74. The Labute approximate surface area is 118 Å². The van der Waals surface area contributed by atoms with Crippen molar-refractivity contribution in [3.05, 3.63) is 35.9 Å². The molecule has 2 rings (SSSR count). The molecule has 20 heavy (non-hydrogen) atoms. The molecule has 0 bridgehead atoms. The Morgan fingerprint density at radius 1 is 1.30 bits per heavy atom. The van der Waals surface area contributed by atoms with Crippen molar-refractivity contribution in [1.82, 2.24) is 4.98 Å². The normalized spacial score (nSPS) is 10.4. The van der Waals surface area contributed by atoms with Gasteiger partial charge in [0.15, 0.2) is 0 Å². The summed E-state index contributed by atoms with van der Waals surface area (Å²) in [6, 6.07) is 5.49. The van der Waals surface area contributed by atoms with Gasteiger partial charge in [-0.05, 0) is 18.2 Å². The van der Waals surface area contributed by atoms with E-state index in [2.05, 4.69) is 10.3 Å². The molecule has 2 aromatic heterocycles. The molecule has 0 unspecified atom stereocenters. The van der Waals surface area contributed by atoms with Gasteiger partial charge in [0.05, 0.1) is 19.3 Å². The summed E-state index contributed by atoms with van der Waals surface area (Å²) in [6.07, 6.45) is 1.70. The minimum Gasteiger partial charge on any atom is -0.479 e. The van der Waals surface area contributed by atoms with Crippen LogP contribution in [0.4, 0.5) is 11.4 Å². The van der Waals surface area contributed by atoms with E-state index in [1.54, 1.807) is 19.4 Å². The summed E-state index contributed by atoms with van der Waals surface area (Å²) < 4.78 is 10.7. The van der Waals surface area contributed by atoms with Gasteiger partial charge in [-0.3, -0.25) is 0 Å². The molecule has 0 radical (unpaired) electrons. The van der Waals surface area contributed by atoms with Gasteiger partial charge in [-0.25, -0.2) is 4.98 Å². The fourth-order valence-corrected chi connectivity index (χ4v) is 1.90. The first-order valence-electron chi connectivity index (χ1n) is 6.28. The maximum atomic E-state index is 8.98. The van der Waals surface area contributed by atoms with Crippen molar-refractivity contribution < 1.29 is 14.3 Å². The lowest BCUT2D eigenvalue weighted by Crippen LogP contribution is -2.13. The monoisotopic (exact) mass is 277 g/mol. The van der Waals surface area contributed by atoms with Gasteiger partial charge in [0.2, 0.25) is 5.88 Å². The van der Waals surface area contributed by atoms with E-state index in [1.807, 2.05) is 31.1 Å². The molecule has 0 saturated carbocycles. The molecule has 0 spiro atoms. The first-order chi connectivity index (χ1) is 9.65. The zero-order valence-corrected chi connectivity index (χ0v) is 11.9. The van der Waals surface area contributed by atoms with Crippen molar-refractivity contribution in [3.63, 3.8) is 0 Å². The van der Waals surface area contributed by atoms with Crippen LogP contribution in [0.2, 0.25) is 0 Å². The molecule has 0 aliphatic rings. The Hall–Kier alpha value is -2.21. The Morgan fingerprint density at radius 3 is 2.65 bits per heavy atom. The highest BCUT2D eigenvalue weighted by atomic mass is 16.5. The number of methoxy groups -OCH3 is 1. The molecule has 6 nitrogen and oxygen atoms in total. The lowest BCUT2D eigenvalue weighted by molar-refractivity contribution is 0.244. The maximum Gasteiger partial charge on any atom is 0.239 e. The molecule has 2 heterocycles. The van der Waals surface area contributed by atoms with Crippen LogP contribution in [0.5, 0.6) is 5.88 Å². The Bertz CT molecular complexity index is 567. The van der Waals surface area contributed by atoms with Crippen LogP contribution in [-0.4, -0.2) is 31.3 Å². The van der Waals surface area contributed by atoms with Crippen molar-refractivity contribution in [2.75, 3.05) is 31.4 Å². The number of hydrogen-bond donors (Lipinski definition) is 2. The zero-order valence-electron chi connectivity index (χ0n) is 11.9. The number of aromatic nitrogens is 1. The first kappa shape index (κ1) is 14.2. The summed E-state index contributed by atoms with van der Waals surface area (Å²) in [5.74, 6) is 1.82. The van der Waals surface area contributed by atoms with Gasteiger partial charge in [-0.2, -0.15) is 0 Å². The van der Waals surface area contributed by atoms with E-state index in [-0.39, 0.29) is 6.61 Å². The number of aliphatic hydroxyl groups excluding tert-OH is 1. The van der Waals surface area contributed by atoms with Crippen molar-refractivity contribution in [3.8, 4) is 5.88 Å². The van der Waals surface area contributed by atoms with Gasteiger partial charge < -0.3 is 24.5 Å². The van der Waals surface area contributed by atoms with E-state index in [9.17, 15) is 0 Å². The lowest BCUT2D eigenvalue weighted by Gasteiger charge is -2.19. The largest absolute Gasteiger partial charge is 0.479 e. The molecule has 2 N–H and O–H groups in total. The van der Waals surface area contributed by atoms with Gasteiger partial charge in [0.25, 0.3) is 0 Å². The fourth-order valence-electron chi connectivity index (χ4n) is 1.90. The van der Waals surface area contributed by atoms with Gasteiger partial charge in [-0.1, -0.05) is 0 Å². The summed E-state index contributed by atoms with van der Waals surface area (Å²) in [4.78, 5) is 6.17. The van der Waals surface area contributed by atoms with Crippen LogP contribution in [0, 0.1) is 0 Å². The van der Waals surface area contributed by atoms with E-state index < -0.39 is 0 Å². The number of pyridine rings is 1. The summed E-state index contributed by atoms with van der Waals surface area (Å²) in [5.41, 5.74) is 1.78. The Balaban J connectivity index is 2.19. The predicted molar refractivity (Wildman–Crippen MR) is 77.1 cm³/mol. The highest BCUT2D eigenvalue weighted by Crippen LogP contribution is 2.32. The third kappa shape index (κ3) is 3.03. The van der Waals surface area contributed by atoms with E-state index >= 15 is 0 Å². The quantitative estimate of drug-likeness (QED) is 0.839. The van der Waals surface area contributed by atoms with Gasteiger partial charge in [-0.15, -0.1) is 0 Å². The smallest absolute Gasteiger partial charge is 0.239 e. The van der Waals surface area contributed by atoms with Gasteiger partial charge >= 0.3 is 0 Å². The molecule has 108 valence electrons. The fraction of sp³-hybridized carbons (Fsp3) is 0.357. The number of aliphatic hydroxyl groups is 1. The number of nitrogens with zero attached hydrogens (tertiary/aromatic N) is 2. The second kappa shape index (κ2) is 6.29. The standard InChI is InChI=1S/C14H19N3O3/c1-17(2)12-6-7-15-14(19-3)13(12)16-8-10-4-5-11(9-18)20-10/h4-7,16,18H,8-9H2,1-3H3. The van der Waals surface area contributed by atoms with Crippen LogP contribution in [0.1, 0.15) is 11.5 Å². The Morgan fingerprint density at radius 2 is 2.05 bits per heavy atom. The summed E-state index contributed by atoms with van der Waals surface area (Å²) >= 11 is 0. The molecule has 0 aromatic carbocycles. The number of furan rings is 1. The zero-order chi connectivity index (χ0) is 14.5. The summed E-state index contributed by atoms with van der Waals surface area (Å²) in [6.45, 7) is 0.391. The van der Waals surface area contributed by atoms with Crippen molar-refractivity contribution in [2.45, 2.75) is 13.2 Å². The number of anilines is 2. The molecular formula is C14H19N3O3. The average Bonchev–Trinajstić information content (AvgIpc) is 2.92. The maximum absolute atomic E-state index is 8.98. The number of ether oxygens (including phenoxy) is 1. The molecule has 2 aromatic rings. The SMILES string of the molecule is COc1nccc(N(C)C)c1NCc1ccc(CO)o1. The molecule has 0 saturated heterocycles. The van der Waals surface area contributed by atoms with Crippen molar-refractivity contribution >= 4 is 11.4 Å². The molecule has 6 heteroatoms. The molecule has 0 aliphatic carbocycles. The summed E-state index contributed by atoms with van der Waals surface area (Å²) in [5, 5.41) is 12.2. The third-order valence-corrected chi connectivity index (χ3v) is 2.88. The minimum atomic E-state index is -0.0981. The van der Waals surface area contributed by atoms with Gasteiger partial charge in [0, 0.05) is 20.3 Å². The van der Waals surface area contributed by atoms with E-state index in [1.165, 1.54) is 0 Å². The van der Waals surface area contributed by atoms with Crippen LogP contribution in [0.3, 0.4) is 0 Å². The number of nitrogens with one attached hydrogen (secondary N) is 1. The molecular weight excluding hydrogens is 258 g/mol. The van der Waals surface area contributed by atoms with Crippen molar-refractivity contribution in [2.24, 2.45) is 0 Å². The van der Waals surface area contributed by atoms with Crippen molar-refractivity contribution in [1.29, 1.82) is 0 Å². The first-order valence-corrected chi connectivity index (χ1v) is 6.28. The molecule has 0 amide bonds. The minimum absolute atomic E-state index is 0.0981. The third-order valence-electron chi connectivity index (χ3n) is 2.88. The van der Waals surface area contributed by atoms with E-state index in [0.29, 0.717) is 18.2 Å². The van der Waals surface area contributed by atoms with Crippen LogP contribution < -0.4 is 15.0 Å². The molecule has 0 aliphatic heterocycles. The average molecular weight is 277 g/mol.